The Kier molecular flexibility index (Phi) is 3.84. The summed E-state index contributed by atoms with van der Waals surface area (Å²) in [4.78, 5) is 15.4. The van der Waals surface area contributed by atoms with Gasteiger partial charge >= 0.3 is 0 Å². The third kappa shape index (κ3) is 2.50. The molecule has 1 aromatic heterocycles. The van der Waals surface area contributed by atoms with E-state index in [1.54, 1.807) is 0 Å². The van der Waals surface area contributed by atoms with Crippen LogP contribution >= 0.6 is 11.3 Å². The highest BCUT2D eigenvalue weighted by Gasteiger charge is 2.42. The molecule has 0 unspecified atom stereocenters. The Hall–Kier alpha value is -0.910. The second kappa shape index (κ2) is 5.47. The third-order valence-electron chi connectivity index (χ3n) is 4.37. The molecule has 5 heteroatoms. The maximum absolute atomic E-state index is 12.6. The van der Waals surface area contributed by atoms with Crippen LogP contribution in [0.25, 0.3) is 0 Å². The molecule has 2 saturated heterocycles. The van der Waals surface area contributed by atoms with Gasteiger partial charge in [0.1, 0.15) is 0 Å². The zero-order valence-electron chi connectivity index (χ0n) is 12.1. The zero-order valence-corrected chi connectivity index (χ0v) is 12.9. The molecule has 20 heavy (non-hydrogen) atoms. The molecule has 2 aliphatic heterocycles. The topological polar surface area (TPSA) is 38.8 Å². The maximum atomic E-state index is 12.6. The summed E-state index contributed by atoms with van der Waals surface area (Å²) < 4.78 is 11.5. The first kappa shape index (κ1) is 14.0. The van der Waals surface area contributed by atoms with Gasteiger partial charge in [-0.05, 0) is 43.7 Å². The first-order chi connectivity index (χ1) is 9.60. The van der Waals surface area contributed by atoms with Crippen LogP contribution in [0.1, 0.15) is 35.0 Å². The van der Waals surface area contributed by atoms with Crippen molar-refractivity contribution in [3.05, 3.63) is 21.9 Å². The molecule has 2 fully saturated rings. The van der Waals surface area contributed by atoms with Crippen LogP contribution < -0.4 is 0 Å². The van der Waals surface area contributed by atoms with Gasteiger partial charge in [0.25, 0.3) is 5.91 Å². The fraction of sp³-hybridized carbons (Fsp3) is 0.667. The molecule has 1 aromatic rings. The minimum Gasteiger partial charge on any atom is -0.347 e. The number of hydrogen-bond acceptors (Lipinski definition) is 4. The molecule has 1 atom stereocenters. The molecule has 3 rings (SSSR count). The third-order valence-corrected chi connectivity index (χ3v) is 5.37. The molecule has 0 aromatic carbocycles. The normalized spacial score (nSPS) is 25.9. The number of thiophene rings is 1. The van der Waals surface area contributed by atoms with Crippen LogP contribution in [0.3, 0.4) is 0 Å². The molecular weight excluding hydrogens is 274 g/mol. The van der Waals surface area contributed by atoms with Crippen LogP contribution in [0.2, 0.25) is 0 Å². The Balaban J connectivity index is 1.72. The van der Waals surface area contributed by atoms with Gasteiger partial charge in [0.05, 0.1) is 18.1 Å². The molecule has 0 bridgehead atoms. The molecule has 4 nitrogen and oxygen atoms in total. The molecule has 110 valence electrons. The fourth-order valence-corrected chi connectivity index (χ4v) is 3.98. The summed E-state index contributed by atoms with van der Waals surface area (Å²) >= 11 is 1.53. The van der Waals surface area contributed by atoms with Crippen molar-refractivity contribution in [2.45, 2.75) is 32.5 Å². The number of hydrogen-bond donors (Lipinski definition) is 0. The molecule has 3 heterocycles. The lowest BCUT2D eigenvalue weighted by molar-refractivity contribution is -0.189. The summed E-state index contributed by atoms with van der Waals surface area (Å²) in [5.41, 5.74) is 1.07. The number of ether oxygens (including phenoxy) is 2. The SMILES string of the molecule is Cc1ccsc1C(=O)N1CCC[C@@H](C2(C)OCCO2)C1. The van der Waals surface area contributed by atoms with Gasteiger partial charge in [-0.3, -0.25) is 4.79 Å². The molecule has 0 saturated carbocycles. The molecule has 0 aliphatic carbocycles. The van der Waals surface area contributed by atoms with Gasteiger partial charge in [0, 0.05) is 19.0 Å². The highest BCUT2D eigenvalue weighted by Crippen LogP contribution is 2.34. The Morgan fingerprint density at radius 2 is 2.20 bits per heavy atom. The second-order valence-corrected chi connectivity index (χ2v) is 6.65. The van der Waals surface area contributed by atoms with E-state index in [-0.39, 0.29) is 11.8 Å². The summed E-state index contributed by atoms with van der Waals surface area (Å²) in [5.74, 6) is -0.0875. The number of likely N-dealkylation sites (tertiary alicyclic amines) is 1. The molecule has 1 amide bonds. The fourth-order valence-electron chi connectivity index (χ4n) is 3.09. The van der Waals surface area contributed by atoms with E-state index in [0.29, 0.717) is 13.2 Å². The van der Waals surface area contributed by atoms with Crippen molar-refractivity contribution in [3.63, 3.8) is 0 Å². The van der Waals surface area contributed by atoms with Gasteiger partial charge in [-0.1, -0.05) is 0 Å². The first-order valence-electron chi connectivity index (χ1n) is 7.21. The van der Waals surface area contributed by atoms with Gasteiger partial charge in [0.2, 0.25) is 0 Å². The van der Waals surface area contributed by atoms with Gasteiger partial charge in [0.15, 0.2) is 5.79 Å². The summed E-state index contributed by atoms with van der Waals surface area (Å²) in [5, 5.41) is 1.98. The van der Waals surface area contributed by atoms with E-state index >= 15 is 0 Å². The molecular formula is C15H21NO3S. The van der Waals surface area contributed by atoms with Gasteiger partial charge in [-0.2, -0.15) is 0 Å². The van der Waals surface area contributed by atoms with Crippen molar-refractivity contribution < 1.29 is 14.3 Å². The van der Waals surface area contributed by atoms with Crippen molar-refractivity contribution in [3.8, 4) is 0 Å². The lowest BCUT2D eigenvalue weighted by Gasteiger charge is -2.39. The minimum atomic E-state index is -0.510. The summed E-state index contributed by atoms with van der Waals surface area (Å²) in [7, 11) is 0. The van der Waals surface area contributed by atoms with E-state index in [4.69, 9.17) is 9.47 Å². The van der Waals surface area contributed by atoms with E-state index < -0.39 is 5.79 Å². The number of carbonyl (C=O) groups excluding carboxylic acids is 1. The van der Waals surface area contributed by atoms with Gasteiger partial charge < -0.3 is 14.4 Å². The van der Waals surface area contributed by atoms with Crippen molar-refractivity contribution in [1.29, 1.82) is 0 Å². The monoisotopic (exact) mass is 295 g/mol. The van der Waals surface area contributed by atoms with E-state index in [1.165, 1.54) is 11.3 Å². The predicted octanol–water partition coefficient (Wildman–Crippen LogP) is 2.67. The average molecular weight is 295 g/mol. The summed E-state index contributed by atoms with van der Waals surface area (Å²) in [6.45, 7) is 6.89. The van der Waals surface area contributed by atoms with Crippen LogP contribution in [0.5, 0.6) is 0 Å². The Morgan fingerprint density at radius 3 is 2.85 bits per heavy atom. The van der Waals surface area contributed by atoms with Crippen molar-refractivity contribution in [1.82, 2.24) is 4.90 Å². The standard InChI is InChI=1S/C15H21NO3S/c1-11-5-9-20-13(11)14(17)16-6-3-4-12(10-16)15(2)18-7-8-19-15/h5,9,12H,3-4,6-8,10H2,1-2H3/t12-/m1/s1. The molecule has 0 radical (unpaired) electrons. The number of rotatable bonds is 2. The smallest absolute Gasteiger partial charge is 0.264 e. The van der Waals surface area contributed by atoms with Crippen molar-refractivity contribution in [2.75, 3.05) is 26.3 Å². The van der Waals surface area contributed by atoms with Gasteiger partial charge in [-0.25, -0.2) is 0 Å². The highest BCUT2D eigenvalue weighted by atomic mass is 32.1. The summed E-state index contributed by atoms with van der Waals surface area (Å²) in [6.07, 6.45) is 2.08. The van der Waals surface area contributed by atoms with E-state index in [1.807, 2.05) is 30.2 Å². The van der Waals surface area contributed by atoms with E-state index in [9.17, 15) is 4.79 Å². The largest absolute Gasteiger partial charge is 0.347 e. The van der Waals surface area contributed by atoms with Crippen LogP contribution in [0.4, 0.5) is 0 Å². The quantitative estimate of drug-likeness (QED) is 0.842. The van der Waals surface area contributed by atoms with Gasteiger partial charge in [-0.15, -0.1) is 11.3 Å². The van der Waals surface area contributed by atoms with Crippen molar-refractivity contribution in [2.24, 2.45) is 5.92 Å². The number of carbonyl (C=O) groups is 1. The number of amides is 1. The Labute approximate surface area is 123 Å². The lowest BCUT2D eigenvalue weighted by Crippen LogP contribution is -2.48. The first-order valence-corrected chi connectivity index (χ1v) is 8.09. The Morgan fingerprint density at radius 1 is 1.45 bits per heavy atom. The highest BCUT2D eigenvalue weighted by molar-refractivity contribution is 7.12. The average Bonchev–Trinajstić information content (AvgIpc) is 3.08. The summed E-state index contributed by atoms with van der Waals surface area (Å²) in [6, 6.07) is 2.00. The number of aryl methyl sites for hydroxylation is 1. The zero-order chi connectivity index (χ0) is 14.2. The van der Waals surface area contributed by atoms with Crippen molar-refractivity contribution >= 4 is 17.2 Å². The number of piperidine rings is 1. The van der Waals surface area contributed by atoms with E-state index in [2.05, 4.69) is 0 Å². The molecule has 0 N–H and O–H groups in total. The Bertz CT molecular complexity index is 493. The van der Waals surface area contributed by atoms with Crippen LogP contribution in [0, 0.1) is 12.8 Å². The van der Waals surface area contributed by atoms with Crippen LogP contribution in [-0.4, -0.2) is 42.9 Å². The van der Waals surface area contributed by atoms with Crippen LogP contribution in [0.15, 0.2) is 11.4 Å². The minimum absolute atomic E-state index is 0.156. The molecule has 2 aliphatic rings. The lowest BCUT2D eigenvalue weighted by atomic mass is 9.90. The molecule has 0 spiro atoms. The maximum Gasteiger partial charge on any atom is 0.264 e. The second-order valence-electron chi connectivity index (χ2n) is 5.74. The van der Waals surface area contributed by atoms with Crippen LogP contribution in [-0.2, 0) is 9.47 Å². The predicted molar refractivity (Wildman–Crippen MR) is 78.0 cm³/mol. The number of nitrogens with zero attached hydrogens (tertiary/aromatic N) is 1. The van der Waals surface area contributed by atoms with E-state index in [0.717, 1.165) is 36.4 Å².